The highest BCUT2D eigenvalue weighted by Gasteiger charge is 2.54. The minimum absolute atomic E-state index is 0.104. The molecular weight excluding hydrogens is 344 g/mol. The van der Waals surface area contributed by atoms with Gasteiger partial charge in [0.2, 0.25) is 5.91 Å². The van der Waals surface area contributed by atoms with Gasteiger partial charge in [0.15, 0.2) is 0 Å². The molecule has 0 aromatic heterocycles. The van der Waals surface area contributed by atoms with Gasteiger partial charge in [0.25, 0.3) is 0 Å². The predicted molar refractivity (Wildman–Crippen MR) is 102 cm³/mol. The van der Waals surface area contributed by atoms with E-state index in [0.717, 1.165) is 25.4 Å². The highest BCUT2D eigenvalue weighted by Crippen LogP contribution is 2.48. The molecule has 27 heavy (non-hydrogen) atoms. The molecule has 6 nitrogen and oxygen atoms in total. The molecule has 1 aromatic rings. The second kappa shape index (κ2) is 8.17. The largest absolute Gasteiger partial charge is 0.496 e. The second-order valence-corrected chi connectivity index (χ2v) is 7.79. The number of methoxy groups -OCH3 is 2. The van der Waals surface area contributed by atoms with Crippen molar-refractivity contribution in [3.63, 3.8) is 0 Å². The molecule has 6 heteroatoms. The zero-order valence-electron chi connectivity index (χ0n) is 16.3. The summed E-state index contributed by atoms with van der Waals surface area (Å²) in [4.78, 5) is 17.7. The van der Waals surface area contributed by atoms with E-state index >= 15 is 0 Å². The summed E-state index contributed by atoms with van der Waals surface area (Å²) in [6.07, 6.45) is 2.38. The van der Waals surface area contributed by atoms with Gasteiger partial charge in [0, 0.05) is 31.2 Å². The number of fused-ring (bicyclic) bond motifs is 2. The number of amides is 1. The Morgan fingerprint density at radius 1 is 1.11 bits per heavy atom. The first-order chi connectivity index (χ1) is 13.2. The summed E-state index contributed by atoms with van der Waals surface area (Å²) < 4.78 is 16.2. The van der Waals surface area contributed by atoms with E-state index in [1.54, 1.807) is 14.2 Å². The van der Waals surface area contributed by atoms with Crippen LogP contribution in [-0.4, -0.2) is 81.5 Å². The Morgan fingerprint density at radius 3 is 2.63 bits per heavy atom. The lowest BCUT2D eigenvalue weighted by molar-refractivity contribution is -0.141. The summed E-state index contributed by atoms with van der Waals surface area (Å²) >= 11 is 0. The first kappa shape index (κ1) is 18.7. The molecule has 0 radical (unpaired) electrons. The van der Waals surface area contributed by atoms with E-state index in [-0.39, 0.29) is 18.4 Å². The molecule has 4 fully saturated rings. The highest BCUT2D eigenvalue weighted by molar-refractivity contribution is 5.78. The summed E-state index contributed by atoms with van der Waals surface area (Å²) in [5.74, 6) is 1.92. The fraction of sp³-hybridized carbons (Fsp3) is 0.667. The van der Waals surface area contributed by atoms with E-state index in [1.807, 2.05) is 12.1 Å². The van der Waals surface area contributed by atoms with Gasteiger partial charge in [-0.2, -0.15) is 0 Å². The topological polar surface area (TPSA) is 51.2 Å². The Kier molecular flexibility index (Phi) is 5.66. The number of piperidine rings is 3. The van der Waals surface area contributed by atoms with E-state index in [9.17, 15) is 4.79 Å². The molecule has 1 aromatic carbocycles. The fourth-order valence-electron chi connectivity index (χ4n) is 5.33. The molecule has 4 saturated heterocycles. The zero-order chi connectivity index (χ0) is 18.8. The lowest BCUT2D eigenvalue weighted by Gasteiger charge is -2.51. The Labute approximate surface area is 161 Å². The van der Waals surface area contributed by atoms with E-state index in [0.29, 0.717) is 31.2 Å². The van der Waals surface area contributed by atoms with Gasteiger partial charge >= 0.3 is 0 Å². The van der Waals surface area contributed by atoms with Crippen LogP contribution in [0.1, 0.15) is 24.3 Å². The average Bonchev–Trinajstić information content (AvgIpc) is 3.15. The van der Waals surface area contributed by atoms with Crippen LogP contribution in [0.4, 0.5) is 0 Å². The van der Waals surface area contributed by atoms with E-state index in [1.165, 1.54) is 18.4 Å². The molecule has 0 saturated carbocycles. The molecule has 1 amide bonds. The molecule has 3 atom stereocenters. The molecule has 0 unspecified atom stereocenters. The lowest BCUT2D eigenvalue weighted by Crippen LogP contribution is -2.61. The van der Waals surface area contributed by atoms with Gasteiger partial charge in [-0.05, 0) is 37.9 Å². The van der Waals surface area contributed by atoms with Crippen molar-refractivity contribution < 1.29 is 19.0 Å². The van der Waals surface area contributed by atoms with E-state index in [2.05, 4.69) is 21.9 Å². The van der Waals surface area contributed by atoms with Crippen molar-refractivity contribution in [3.05, 3.63) is 29.8 Å². The molecule has 0 N–H and O–H groups in total. The van der Waals surface area contributed by atoms with Crippen molar-refractivity contribution in [2.24, 2.45) is 5.92 Å². The normalized spacial score (nSPS) is 31.8. The summed E-state index contributed by atoms with van der Waals surface area (Å²) in [5, 5.41) is 0. The van der Waals surface area contributed by atoms with Crippen LogP contribution in [0.15, 0.2) is 24.3 Å². The van der Waals surface area contributed by atoms with Crippen molar-refractivity contribution in [3.8, 4) is 5.75 Å². The number of carbonyl (C=O) groups is 1. The number of ether oxygens (including phenoxy) is 3. The van der Waals surface area contributed by atoms with Gasteiger partial charge in [-0.15, -0.1) is 0 Å². The molecule has 2 bridgehead atoms. The Bertz CT molecular complexity index is 659. The summed E-state index contributed by atoms with van der Waals surface area (Å²) in [5.41, 5.74) is 1.22. The number of rotatable bonds is 7. The minimum atomic E-state index is 0.104. The third kappa shape index (κ3) is 3.46. The first-order valence-corrected chi connectivity index (χ1v) is 9.97. The van der Waals surface area contributed by atoms with Crippen molar-refractivity contribution in [1.82, 2.24) is 9.80 Å². The first-order valence-electron chi connectivity index (χ1n) is 9.97. The number of para-hydroxylation sites is 1. The molecule has 4 aliphatic rings. The van der Waals surface area contributed by atoms with Crippen LogP contribution >= 0.6 is 0 Å². The Balaban J connectivity index is 1.58. The Morgan fingerprint density at radius 2 is 1.89 bits per heavy atom. The van der Waals surface area contributed by atoms with Crippen molar-refractivity contribution in [1.29, 1.82) is 0 Å². The SMILES string of the molecule is COCCOCC(=O)N1C[C@@H](c2ccccc2OC)[C@@H]2[C@H]1C1CCN2CC1. The molecule has 0 spiro atoms. The quantitative estimate of drug-likeness (QED) is 0.681. The third-order valence-electron chi connectivity index (χ3n) is 6.51. The van der Waals surface area contributed by atoms with Gasteiger partial charge in [0.05, 0.1) is 26.4 Å². The molecule has 148 valence electrons. The smallest absolute Gasteiger partial charge is 0.248 e. The molecule has 4 aliphatic heterocycles. The van der Waals surface area contributed by atoms with Crippen molar-refractivity contribution in [2.45, 2.75) is 30.8 Å². The van der Waals surface area contributed by atoms with E-state index < -0.39 is 0 Å². The van der Waals surface area contributed by atoms with Crippen molar-refractivity contribution >= 4 is 5.91 Å². The summed E-state index contributed by atoms with van der Waals surface area (Å²) in [6, 6.07) is 8.94. The standard InChI is InChI=1S/C21H30N2O4/c1-25-11-12-27-14-19(24)23-13-17(16-5-3-4-6-18(16)26-2)21-20(23)15-7-9-22(21)10-8-15/h3-6,15,17,20-21H,7-14H2,1-2H3/t17-,20+,21+/m0/s1. The monoisotopic (exact) mass is 374 g/mol. The third-order valence-corrected chi connectivity index (χ3v) is 6.51. The van der Waals surface area contributed by atoms with Gasteiger partial charge in [-0.1, -0.05) is 18.2 Å². The predicted octanol–water partition coefficient (Wildman–Crippen LogP) is 1.75. The maximum atomic E-state index is 13.0. The number of benzene rings is 1. The maximum absolute atomic E-state index is 13.0. The van der Waals surface area contributed by atoms with Crippen LogP contribution in [0.5, 0.6) is 5.75 Å². The van der Waals surface area contributed by atoms with Crippen LogP contribution in [0.2, 0.25) is 0 Å². The molecule has 0 aliphatic carbocycles. The molecular formula is C21H30N2O4. The average molecular weight is 374 g/mol. The minimum Gasteiger partial charge on any atom is -0.496 e. The Hall–Kier alpha value is -1.63. The summed E-state index contributed by atoms with van der Waals surface area (Å²) in [6.45, 7) is 4.13. The van der Waals surface area contributed by atoms with Crippen LogP contribution < -0.4 is 4.74 Å². The highest BCUT2D eigenvalue weighted by atomic mass is 16.5. The fourth-order valence-corrected chi connectivity index (χ4v) is 5.33. The lowest BCUT2D eigenvalue weighted by atomic mass is 9.75. The van der Waals surface area contributed by atoms with Crippen LogP contribution in [0, 0.1) is 5.92 Å². The molecule has 5 rings (SSSR count). The summed E-state index contributed by atoms with van der Waals surface area (Å²) in [7, 11) is 3.37. The number of hydrogen-bond acceptors (Lipinski definition) is 5. The van der Waals surface area contributed by atoms with Crippen molar-refractivity contribution in [2.75, 3.05) is 53.7 Å². The van der Waals surface area contributed by atoms with Crippen LogP contribution in [0.3, 0.4) is 0 Å². The number of carbonyl (C=O) groups excluding carboxylic acids is 1. The maximum Gasteiger partial charge on any atom is 0.248 e. The zero-order valence-corrected chi connectivity index (χ0v) is 16.3. The van der Waals surface area contributed by atoms with Crippen LogP contribution in [-0.2, 0) is 14.3 Å². The number of nitrogens with zero attached hydrogens (tertiary/aromatic N) is 2. The number of likely N-dealkylation sites (tertiary alicyclic amines) is 1. The number of hydrogen-bond donors (Lipinski definition) is 0. The van der Waals surface area contributed by atoms with Crippen LogP contribution in [0.25, 0.3) is 0 Å². The van der Waals surface area contributed by atoms with Gasteiger partial charge in [-0.3, -0.25) is 9.69 Å². The molecule has 4 heterocycles. The second-order valence-electron chi connectivity index (χ2n) is 7.79. The van der Waals surface area contributed by atoms with Gasteiger partial charge in [0.1, 0.15) is 12.4 Å². The van der Waals surface area contributed by atoms with E-state index in [4.69, 9.17) is 14.2 Å². The van der Waals surface area contributed by atoms with Gasteiger partial charge < -0.3 is 19.1 Å². The van der Waals surface area contributed by atoms with Gasteiger partial charge in [-0.25, -0.2) is 0 Å².